The van der Waals surface area contributed by atoms with Gasteiger partial charge in [0.25, 0.3) is 0 Å². The molecule has 1 aromatic rings. The molecule has 0 N–H and O–H groups in total. The molecular weight excluding hydrogens is 217 g/mol. The van der Waals surface area contributed by atoms with Gasteiger partial charge in [0.1, 0.15) is 11.0 Å². The van der Waals surface area contributed by atoms with Crippen molar-refractivity contribution < 1.29 is 9.59 Å². The van der Waals surface area contributed by atoms with E-state index in [2.05, 4.69) is 15.4 Å². The van der Waals surface area contributed by atoms with Gasteiger partial charge in [-0.3, -0.25) is 4.79 Å². The number of hydrogen-bond donors (Lipinski definition) is 0. The first kappa shape index (κ1) is 11.7. The highest BCUT2D eigenvalue weighted by atomic mass is 35.5. The van der Waals surface area contributed by atoms with E-state index in [1.54, 1.807) is 0 Å². The number of nitrogens with zero attached hydrogens (tertiary/aromatic N) is 3. The van der Waals surface area contributed by atoms with Crippen LogP contribution in [0.5, 0.6) is 0 Å². The van der Waals surface area contributed by atoms with Crippen molar-refractivity contribution in [2.45, 2.75) is 0 Å². The molecule has 0 aliphatic rings. The standard InChI is InChI=1S/C3HCl2N3.C3H2O2/c4-2-1-6-8-7-3(2)5;4-2-1-3-5/h1H;1-2H. The molecule has 0 aromatic carbocycles. The van der Waals surface area contributed by atoms with Gasteiger partial charge in [0.15, 0.2) is 11.4 Å². The Balaban J connectivity index is 0.000000252. The predicted molar refractivity (Wildman–Crippen MR) is 46.2 cm³/mol. The summed E-state index contributed by atoms with van der Waals surface area (Å²) in [5.41, 5.74) is 0. The van der Waals surface area contributed by atoms with Crippen molar-refractivity contribution in [1.82, 2.24) is 15.4 Å². The first-order chi connectivity index (χ1) is 6.22. The second kappa shape index (κ2) is 7.36. The molecule has 0 fully saturated rings. The molecule has 0 amide bonds. The molecule has 1 aromatic heterocycles. The van der Waals surface area contributed by atoms with Gasteiger partial charge in [-0.2, -0.15) is 0 Å². The van der Waals surface area contributed by atoms with E-state index in [1.807, 2.05) is 0 Å². The Morgan fingerprint density at radius 2 is 2.15 bits per heavy atom. The normalized spacial score (nSPS) is 7.54. The average molecular weight is 220 g/mol. The van der Waals surface area contributed by atoms with Crippen LogP contribution in [-0.2, 0) is 9.59 Å². The molecule has 0 saturated heterocycles. The average Bonchev–Trinajstić information content (AvgIpc) is 2.13. The van der Waals surface area contributed by atoms with Gasteiger partial charge in [-0.1, -0.05) is 23.2 Å². The summed E-state index contributed by atoms with van der Waals surface area (Å²) in [5, 5.41) is 10.5. The number of aromatic nitrogens is 3. The lowest BCUT2D eigenvalue weighted by atomic mass is 10.7. The fourth-order valence-electron chi connectivity index (χ4n) is 0.270. The monoisotopic (exact) mass is 219 g/mol. The van der Waals surface area contributed by atoms with Crippen LogP contribution in [-0.4, -0.2) is 27.6 Å². The summed E-state index contributed by atoms with van der Waals surface area (Å²) in [4.78, 5) is 18.1. The second-order valence-electron chi connectivity index (χ2n) is 1.49. The van der Waals surface area contributed by atoms with E-state index < -0.39 is 0 Å². The molecule has 0 unspecified atom stereocenters. The largest absolute Gasteiger partial charge is 0.298 e. The smallest absolute Gasteiger partial charge is 0.173 e. The molecule has 0 bridgehead atoms. The number of halogens is 2. The van der Waals surface area contributed by atoms with Crippen molar-refractivity contribution in [2.75, 3.05) is 0 Å². The van der Waals surface area contributed by atoms with Crippen molar-refractivity contribution in [1.29, 1.82) is 0 Å². The first-order valence-electron chi connectivity index (χ1n) is 2.86. The highest BCUT2D eigenvalue weighted by Gasteiger charge is 1.94. The minimum Gasteiger partial charge on any atom is -0.298 e. The first-order valence-corrected chi connectivity index (χ1v) is 3.62. The fourth-order valence-corrected chi connectivity index (χ4v) is 0.434. The van der Waals surface area contributed by atoms with Gasteiger partial charge in [0, 0.05) is 0 Å². The van der Waals surface area contributed by atoms with E-state index in [-0.39, 0.29) is 5.15 Å². The summed E-state index contributed by atoms with van der Waals surface area (Å²) >= 11 is 10.8. The molecular formula is C6H3Cl2N3O2. The third kappa shape index (κ3) is 5.93. The zero-order chi connectivity index (χ0) is 10.1. The number of allylic oxidation sites excluding steroid dienone is 1. The van der Waals surface area contributed by atoms with Crippen LogP contribution in [0.3, 0.4) is 0 Å². The van der Waals surface area contributed by atoms with Crippen LogP contribution in [0.4, 0.5) is 0 Å². The Morgan fingerprint density at radius 1 is 1.46 bits per heavy atom. The summed E-state index contributed by atoms with van der Waals surface area (Å²) in [6, 6.07) is 0. The molecule has 1 heterocycles. The zero-order valence-electron chi connectivity index (χ0n) is 6.15. The number of carbonyl (C=O) groups excluding carboxylic acids is 2. The maximum atomic E-state index is 9.09. The van der Waals surface area contributed by atoms with Crippen molar-refractivity contribution >= 4 is 35.4 Å². The molecule has 0 aliphatic heterocycles. The van der Waals surface area contributed by atoms with Gasteiger partial charge in [-0.25, -0.2) is 4.79 Å². The highest BCUT2D eigenvalue weighted by molar-refractivity contribution is 6.40. The Labute approximate surface area is 83.4 Å². The van der Waals surface area contributed by atoms with E-state index in [1.165, 1.54) is 12.1 Å². The number of rotatable bonds is 1. The summed E-state index contributed by atoms with van der Waals surface area (Å²) in [6.45, 7) is 0. The SMILES string of the molecule is Clc1cnnnc1Cl.O=C=CC=O. The molecule has 0 radical (unpaired) electrons. The van der Waals surface area contributed by atoms with E-state index in [0.29, 0.717) is 11.3 Å². The van der Waals surface area contributed by atoms with Crippen LogP contribution in [0.25, 0.3) is 0 Å². The van der Waals surface area contributed by atoms with E-state index in [4.69, 9.17) is 32.8 Å². The maximum Gasteiger partial charge on any atom is 0.173 e. The quantitative estimate of drug-likeness (QED) is 0.396. The van der Waals surface area contributed by atoms with Gasteiger partial charge in [-0.05, 0) is 5.21 Å². The zero-order valence-corrected chi connectivity index (χ0v) is 7.66. The van der Waals surface area contributed by atoms with Crippen molar-refractivity contribution in [3.63, 3.8) is 0 Å². The molecule has 0 aliphatic carbocycles. The lowest BCUT2D eigenvalue weighted by Crippen LogP contribution is -1.84. The van der Waals surface area contributed by atoms with Crippen molar-refractivity contribution in [3.05, 3.63) is 22.4 Å². The van der Waals surface area contributed by atoms with E-state index in [9.17, 15) is 0 Å². The summed E-state index contributed by atoms with van der Waals surface area (Å²) in [5.74, 6) is 1.27. The number of aldehydes is 1. The Kier molecular flexibility index (Phi) is 6.63. The topological polar surface area (TPSA) is 72.8 Å². The van der Waals surface area contributed by atoms with Gasteiger partial charge >= 0.3 is 0 Å². The Bertz CT molecular complexity index is 304. The molecule has 0 atom stereocenters. The van der Waals surface area contributed by atoms with Crippen LogP contribution in [0.1, 0.15) is 0 Å². The fraction of sp³-hybridized carbons (Fsp3) is 0. The third-order valence-corrected chi connectivity index (χ3v) is 1.34. The molecule has 0 saturated carbocycles. The maximum absolute atomic E-state index is 9.09. The van der Waals surface area contributed by atoms with Crippen molar-refractivity contribution in [3.8, 4) is 0 Å². The van der Waals surface area contributed by atoms with Crippen molar-refractivity contribution in [2.24, 2.45) is 0 Å². The minimum absolute atomic E-state index is 0.182. The van der Waals surface area contributed by atoms with Gasteiger partial charge < -0.3 is 0 Å². The molecule has 7 heteroatoms. The molecule has 68 valence electrons. The Morgan fingerprint density at radius 3 is 2.38 bits per heavy atom. The predicted octanol–water partition coefficient (Wildman–Crippen LogP) is 0.751. The summed E-state index contributed by atoms with van der Waals surface area (Å²) in [6.07, 6.45) is 2.48. The third-order valence-electron chi connectivity index (χ3n) is 0.688. The van der Waals surface area contributed by atoms with Crippen LogP contribution >= 0.6 is 23.2 Å². The molecule has 13 heavy (non-hydrogen) atoms. The summed E-state index contributed by atoms with van der Waals surface area (Å²) in [7, 11) is 0. The van der Waals surface area contributed by atoms with E-state index >= 15 is 0 Å². The molecule has 1 rings (SSSR count). The summed E-state index contributed by atoms with van der Waals surface area (Å²) < 4.78 is 0. The lowest BCUT2D eigenvalue weighted by molar-refractivity contribution is -0.104. The highest BCUT2D eigenvalue weighted by Crippen LogP contribution is 2.13. The molecule has 0 spiro atoms. The van der Waals surface area contributed by atoms with Gasteiger partial charge in [-0.15, -0.1) is 10.2 Å². The van der Waals surface area contributed by atoms with Crippen LogP contribution in [0.2, 0.25) is 10.2 Å². The Hall–Kier alpha value is -1.29. The van der Waals surface area contributed by atoms with Gasteiger partial charge in [0.05, 0.1) is 12.3 Å². The van der Waals surface area contributed by atoms with Crippen LogP contribution in [0, 0.1) is 0 Å². The number of hydrogen-bond acceptors (Lipinski definition) is 5. The second-order valence-corrected chi connectivity index (χ2v) is 2.26. The van der Waals surface area contributed by atoms with Crippen LogP contribution < -0.4 is 0 Å². The van der Waals surface area contributed by atoms with Crippen LogP contribution in [0.15, 0.2) is 12.3 Å². The van der Waals surface area contributed by atoms with Gasteiger partial charge in [0.2, 0.25) is 0 Å². The van der Waals surface area contributed by atoms with E-state index in [0.717, 1.165) is 6.08 Å². The molecule has 5 nitrogen and oxygen atoms in total. The minimum atomic E-state index is 0.182. The lowest BCUT2D eigenvalue weighted by Gasteiger charge is -1.84. The number of carbonyl (C=O) groups is 1.